The third-order valence-corrected chi connectivity index (χ3v) is 2.56. The third-order valence-electron chi connectivity index (χ3n) is 2.56. The molecule has 5 nitrogen and oxygen atoms in total. The number of rotatable bonds is 3. The van der Waals surface area contributed by atoms with Gasteiger partial charge in [0.05, 0.1) is 11.8 Å². The molecule has 19 heavy (non-hydrogen) atoms. The quantitative estimate of drug-likeness (QED) is 0.910. The molecule has 0 aliphatic heterocycles. The third kappa shape index (κ3) is 2.53. The van der Waals surface area contributed by atoms with Gasteiger partial charge in [-0.05, 0) is 24.6 Å². The molecule has 0 fully saturated rings. The predicted octanol–water partition coefficient (Wildman–Crippen LogP) is 2.75. The molecule has 2 rings (SSSR count). The van der Waals surface area contributed by atoms with E-state index in [4.69, 9.17) is 15.1 Å². The van der Waals surface area contributed by atoms with Crippen molar-refractivity contribution < 1.29 is 14.6 Å². The molecule has 0 aliphatic carbocycles. The summed E-state index contributed by atoms with van der Waals surface area (Å²) in [4.78, 5) is 14.9. The average Bonchev–Trinajstić information content (AvgIpc) is 2.41. The summed E-state index contributed by atoms with van der Waals surface area (Å²) >= 11 is 0. The van der Waals surface area contributed by atoms with E-state index in [-0.39, 0.29) is 11.3 Å². The van der Waals surface area contributed by atoms with Gasteiger partial charge in [0.2, 0.25) is 0 Å². The van der Waals surface area contributed by atoms with Crippen molar-refractivity contribution in [2.24, 2.45) is 0 Å². The minimum Gasteiger partial charge on any atom is -0.478 e. The molecule has 5 heteroatoms. The van der Waals surface area contributed by atoms with E-state index in [9.17, 15) is 4.79 Å². The molecule has 0 saturated carbocycles. The fraction of sp³-hybridized carbons (Fsp3) is 0.0714. The maximum atomic E-state index is 11.1. The second-order valence-electron chi connectivity index (χ2n) is 3.84. The van der Waals surface area contributed by atoms with Gasteiger partial charge in [0.1, 0.15) is 17.4 Å². The van der Waals surface area contributed by atoms with Crippen molar-refractivity contribution in [1.82, 2.24) is 4.98 Å². The molecular weight excluding hydrogens is 244 g/mol. The van der Waals surface area contributed by atoms with Gasteiger partial charge in [-0.3, -0.25) is 4.98 Å². The van der Waals surface area contributed by atoms with Crippen molar-refractivity contribution in [2.75, 3.05) is 0 Å². The molecule has 1 N–H and O–H groups in total. The van der Waals surface area contributed by atoms with Crippen LogP contribution in [-0.2, 0) is 0 Å². The molecular formula is C14H10N2O3. The van der Waals surface area contributed by atoms with E-state index < -0.39 is 5.97 Å². The summed E-state index contributed by atoms with van der Waals surface area (Å²) in [7, 11) is 0. The number of carbonyl (C=O) groups is 1. The Kier molecular flexibility index (Phi) is 3.44. The molecule has 1 aromatic heterocycles. The Morgan fingerprint density at radius 2 is 2.21 bits per heavy atom. The number of aryl methyl sites for hydroxylation is 1. The van der Waals surface area contributed by atoms with Gasteiger partial charge in [-0.15, -0.1) is 0 Å². The van der Waals surface area contributed by atoms with Crippen LogP contribution in [0.25, 0.3) is 0 Å². The smallest absolute Gasteiger partial charge is 0.339 e. The number of hydrogen-bond acceptors (Lipinski definition) is 4. The number of benzene rings is 1. The first-order valence-electron chi connectivity index (χ1n) is 5.48. The molecule has 0 bridgehead atoms. The zero-order chi connectivity index (χ0) is 13.8. The Hall–Kier alpha value is -2.87. The van der Waals surface area contributed by atoms with Gasteiger partial charge >= 0.3 is 5.97 Å². The van der Waals surface area contributed by atoms with Gasteiger partial charge in [0, 0.05) is 6.20 Å². The maximum Gasteiger partial charge on any atom is 0.339 e. The van der Waals surface area contributed by atoms with Gasteiger partial charge in [-0.1, -0.05) is 12.1 Å². The van der Waals surface area contributed by atoms with Crippen LogP contribution in [0.3, 0.4) is 0 Å². The number of ether oxygens (including phenoxy) is 1. The standard InChI is InChI=1S/C14H10N2O3/c1-9-3-2-4-10(7-15)13(9)19-12-8-16-6-5-11(12)14(17)18/h2-6,8H,1H3,(H,17,18). The number of aromatic carboxylic acids is 1. The summed E-state index contributed by atoms with van der Waals surface area (Å²) in [6.45, 7) is 1.78. The first-order valence-corrected chi connectivity index (χ1v) is 5.48. The van der Waals surface area contributed by atoms with E-state index in [0.717, 1.165) is 5.56 Å². The molecule has 2 aromatic rings. The Morgan fingerprint density at radius 3 is 2.89 bits per heavy atom. The van der Waals surface area contributed by atoms with Crippen molar-refractivity contribution in [3.05, 3.63) is 53.3 Å². The van der Waals surface area contributed by atoms with Crippen LogP contribution in [0, 0.1) is 18.3 Å². The molecule has 0 spiro atoms. The van der Waals surface area contributed by atoms with Crippen molar-refractivity contribution in [2.45, 2.75) is 6.92 Å². The van der Waals surface area contributed by atoms with Gasteiger partial charge in [-0.25, -0.2) is 4.79 Å². The molecule has 0 atom stereocenters. The van der Waals surface area contributed by atoms with Crippen LogP contribution in [0.15, 0.2) is 36.7 Å². The summed E-state index contributed by atoms with van der Waals surface area (Å²) in [5.74, 6) is -0.647. The second-order valence-corrected chi connectivity index (χ2v) is 3.84. The van der Waals surface area contributed by atoms with Gasteiger partial charge in [-0.2, -0.15) is 5.26 Å². The lowest BCUT2D eigenvalue weighted by Gasteiger charge is -2.11. The van der Waals surface area contributed by atoms with E-state index in [0.29, 0.717) is 11.3 Å². The summed E-state index contributed by atoms with van der Waals surface area (Å²) in [5.41, 5.74) is 1.10. The van der Waals surface area contributed by atoms with Gasteiger partial charge < -0.3 is 9.84 Å². The van der Waals surface area contributed by atoms with Crippen LogP contribution in [0.1, 0.15) is 21.5 Å². The van der Waals surface area contributed by atoms with E-state index >= 15 is 0 Å². The van der Waals surface area contributed by atoms with E-state index in [1.807, 2.05) is 6.07 Å². The van der Waals surface area contributed by atoms with Gasteiger partial charge in [0.15, 0.2) is 5.75 Å². The average molecular weight is 254 g/mol. The predicted molar refractivity (Wildman–Crippen MR) is 67.2 cm³/mol. The highest BCUT2D eigenvalue weighted by Gasteiger charge is 2.14. The van der Waals surface area contributed by atoms with Crippen molar-refractivity contribution >= 4 is 5.97 Å². The monoisotopic (exact) mass is 254 g/mol. The lowest BCUT2D eigenvalue weighted by molar-refractivity contribution is 0.0694. The number of aromatic nitrogens is 1. The summed E-state index contributed by atoms with van der Waals surface area (Å²) in [5, 5.41) is 18.1. The molecule has 0 radical (unpaired) electrons. The number of carboxylic acids is 1. The number of nitriles is 1. The first-order chi connectivity index (χ1) is 9.13. The second kappa shape index (κ2) is 5.19. The minimum atomic E-state index is -1.11. The highest BCUT2D eigenvalue weighted by Crippen LogP contribution is 2.30. The highest BCUT2D eigenvalue weighted by atomic mass is 16.5. The Labute approximate surface area is 109 Å². The fourth-order valence-electron chi connectivity index (χ4n) is 1.62. The minimum absolute atomic E-state index is 0.00198. The van der Waals surface area contributed by atoms with Crippen LogP contribution in [0.5, 0.6) is 11.5 Å². The van der Waals surface area contributed by atoms with Crippen molar-refractivity contribution in [3.63, 3.8) is 0 Å². The van der Waals surface area contributed by atoms with Crippen LogP contribution in [0.2, 0.25) is 0 Å². The molecule has 0 saturated heterocycles. The van der Waals surface area contributed by atoms with Crippen molar-refractivity contribution in [3.8, 4) is 17.6 Å². The largest absolute Gasteiger partial charge is 0.478 e. The number of nitrogens with zero attached hydrogens (tertiary/aromatic N) is 2. The fourth-order valence-corrected chi connectivity index (χ4v) is 1.62. The maximum absolute atomic E-state index is 11.1. The molecule has 1 heterocycles. The zero-order valence-corrected chi connectivity index (χ0v) is 10.1. The molecule has 0 unspecified atom stereocenters. The summed E-state index contributed by atoms with van der Waals surface area (Å²) < 4.78 is 5.56. The molecule has 0 aliphatic rings. The van der Waals surface area contributed by atoms with Crippen LogP contribution < -0.4 is 4.74 Å². The highest BCUT2D eigenvalue weighted by molar-refractivity contribution is 5.90. The molecule has 94 valence electrons. The number of hydrogen-bond donors (Lipinski definition) is 1. The Balaban J connectivity index is 2.49. The molecule has 0 amide bonds. The molecule has 1 aromatic carbocycles. The van der Waals surface area contributed by atoms with E-state index in [1.54, 1.807) is 25.1 Å². The Bertz CT molecular complexity index is 675. The van der Waals surface area contributed by atoms with Crippen LogP contribution in [0.4, 0.5) is 0 Å². The van der Waals surface area contributed by atoms with E-state index in [2.05, 4.69) is 4.98 Å². The van der Waals surface area contributed by atoms with E-state index in [1.165, 1.54) is 18.5 Å². The topological polar surface area (TPSA) is 83.2 Å². The van der Waals surface area contributed by atoms with Crippen LogP contribution in [-0.4, -0.2) is 16.1 Å². The first kappa shape index (κ1) is 12.6. The van der Waals surface area contributed by atoms with Crippen LogP contribution >= 0.6 is 0 Å². The summed E-state index contributed by atoms with van der Waals surface area (Å²) in [6.07, 6.45) is 2.69. The lowest BCUT2D eigenvalue weighted by Crippen LogP contribution is -2.01. The Morgan fingerprint density at radius 1 is 1.42 bits per heavy atom. The summed E-state index contributed by atoms with van der Waals surface area (Å²) in [6, 6.07) is 8.49. The number of para-hydroxylation sites is 1. The lowest BCUT2D eigenvalue weighted by atomic mass is 10.1. The zero-order valence-electron chi connectivity index (χ0n) is 10.1. The number of carboxylic acid groups (broad SMARTS) is 1. The normalized spacial score (nSPS) is 9.68. The van der Waals surface area contributed by atoms with Crippen molar-refractivity contribution in [1.29, 1.82) is 5.26 Å². The number of pyridine rings is 1. The SMILES string of the molecule is Cc1cccc(C#N)c1Oc1cnccc1C(=O)O. The van der Waals surface area contributed by atoms with Gasteiger partial charge in [0.25, 0.3) is 0 Å².